The van der Waals surface area contributed by atoms with Gasteiger partial charge in [0.2, 0.25) is 5.91 Å². The van der Waals surface area contributed by atoms with Crippen molar-refractivity contribution in [1.82, 2.24) is 15.5 Å². The van der Waals surface area contributed by atoms with Crippen molar-refractivity contribution in [2.24, 2.45) is 0 Å². The monoisotopic (exact) mass is 301 g/mol. The predicted octanol–water partition coefficient (Wildman–Crippen LogP) is 1.19. The van der Waals surface area contributed by atoms with Gasteiger partial charge in [0.25, 0.3) is 0 Å². The maximum atomic E-state index is 11.5. The Hall–Kier alpha value is -1.63. The van der Waals surface area contributed by atoms with Gasteiger partial charge in [0.1, 0.15) is 0 Å². The topological polar surface area (TPSA) is 98.7 Å². The Morgan fingerprint density at radius 3 is 2.29 bits per heavy atom. The molecule has 7 nitrogen and oxygen atoms in total. The van der Waals surface area contributed by atoms with Crippen molar-refractivity contribution in [3.05, 3.63) is 0 Å². The van der Waals surface area contributed by atoms with Gasteiger partial charge in [-0.05, 0) is 32.4 Å². The van der Waals surface area contributed by atoms with Crippen LogP contribution in [-0.4, -0.2) is 54.1 Å². The molecular formula is C14H27N3O4. The summed E-state index contributed by atoms with van der Waals surface area (Å²) in [5.41, 5.74) is 0. The van der Waals surface area contributed by atoms with Gasteiger partial charge in [-0.15, -0.1) is 0 Å². The molecule has 0 atom stereocenters. The van der Waals surface area contributed by atoms with Crippen LogP contribution in [0, 0.1) is 0 Å². The summed E-state index contributed by atoms with van der Waals surface area (Å²) in [6.45, 7) is 7.33. The van der Waals surface area contributed by atoms with Crippen LogP contribution in [0.2, 0.25) is 0 Å². The lowest BCUT2D eigenvalue weighted by Gasteiger charge is -2.19. The lowest BCUT2D eigenvalue weighted by molar-refractivity contribution is -0.137. The Balaban J connectivity index is 3.68. The number of carbonyl (C=O) groups is 3. The number of carboxylic acids is 1. The van der Waals surface area contributed by atoms with Crippen LogP contribution in [-0.2, 0) is 9.59 Å². The summed E-state index contributed by atoms with van der Waals surface area (Å²) in [4.78, 5) is 35.4. The van der Waals surface area contributed by atoms with Crippen LogP contribution in [0.5, 0.6) is 0 Å². The minimum atomic E-state index is -0.874. The molecule has 0 unspecified atom stereocenters. The second-order valence-corrected chi connectivity index (χ2v) is 4.84. The number of hydrogen-bond acceptors (Lipinski definition) is 4. The molecule has 0 aliphatic heterocycles. The number of carboxylic acid groups (broad SMARTS) is 1. The predicted molar refractivity (Wildman–Crippen MR) is 80.1 cm³/mol. The van der Waals surface area contributed by atoms with E-state index in [2.05, 4.69) is 29.4 Å². The highest BCUT2D eigenvalue weighted by molar-refractivity contribution is 5.94. The van der Waals surface area contributed by atoms with Gasteiger partial charge >= 0.3 is 12.0 Å². The van der Waals surface area contributed by atoms with Gasteiger partial charge in [-0.2, -0.15) is 0 Å². The third kappa shape index (κ3) is 11.9. The van der Waals surface area contributed by atoms with Gasteiger partial charge in [0.05, 0.1) is 0 Å². The van der Waals surface area contributed by atoms with Crippen LogP contribution in [0.25, 0.3) is 0 Å². The van der Waals surface area contributed by atoms with Crippen LogP contribution in [0.1, 0.15) is 46.0 Å². The summed E-state index contributed by atoms with van der Waals surface area (Å²) in [6, 6.07) is -0.495. The number of rotatable bonds is 11. The fourth-order valence-electron chi connectivity index (χ4n) is 1.87. The van der Waals surface area contributed by atoms with Crippen molar-refractivity contribution in [3.8, 4) is 0 Å². The molecule has 21 heavy (non-hydrogen) atoms. The van der Waals surface area contributed by atoms with Crippen LogP contribution in [0.15, 0.2) is 0 Å². The molecule has 0 aromatic heterocycles. The second kappa shape index (κ2) is 12.1. The highest BCUT2D eigenvalue weighted by Crippen LogP contribution is 1.99. The average molecular weight is 301 g/mol. The van der Waals surface area contributed by atoms with E-state index < -0.39 is 12.0 Å². The van der Waals surface area contributed by atoms with Crippen molar-refractivity contribution >= 4 is 17.9 Å². The summed E-state index contributed by atoms with van der Waals surface area (Å²) in [5.74, 6) is -1.25. The van der Waals surface area contributed by atoms with Crippen LogP contribution < -0.4 is 10.6 Å². The molecule has 3 N–H and O–H groups in total. The molecule has 0 saturated carbocycles. The fraction of sp³-hybridized carbons (Fsp3) is 0.786. The molecule has 0 heterocycles. The summed E-state index contributed by atoms with van der Waals surface area (Å²) < 4.78 is 0. The third-order valence-corrected chi connectivity index (χ3v) is 3.00. The highest BCUT2D eigenvalue weighted by atomic mass is 16.4. The molecule has 7 heteroatoms. The van der Waals surface area contributed by atoms with Crippen molar-refractivity contribution < 1.29 is 19.5 Å². The second-order valence-electron chi connectivity index (χ2n) is 4.84. The molecule has 0 saturated heterocycles. The van der Waals surface area contributed by atoms with E-state index in [4.69, 9.17) is 5.11 Å². The van der Waals surface area contributed by atoms with Gasteiger partial charge < -0.3 is 15.3 Å². The van der Waals surface area contributed by atoms with E-state index in [1.165, 1.54) is 0 Å². The Kier molecular flexibility index (Phi) is 11.2. The van der Waals surface area contributed by atoms with E-state index in [0.717, 1.165) is 26.1 Å². The average Bonchev–Trinajstić information content (AvgIpc) is 2.42. The zero-order valence-corrected chi connectivity index (χ0v) is 13.0. The van der Waals surface area contributed by atoms with Gasteiger partial charge in [-0.25, -0.2) is 4.79 Å². The molecule has 0 bridgehead atoms. The number of hydrogen-bond donors (Lipinski definition) is 3. The molecule has 122 valence electrons. The smallest absolute Gasteiger partial charge is 0.321 e. The summed E-state index contributed by atoms with van der Waals surface area (Å²) in [7, 11) is 0. The third-order valence-electron chi connectivity index (χ3n) is 3.00. The SMILES string of the molecule is CCCN(CC)CCNC(=O)NC(=O)CCCCC(=O)O. The number of nitrogens with one attached hydrogen (secondary N) is 2. The molecule has 0 fully saturated rings. The molecule has 3 amide bonds. The zero-order valence-electron chi connectivity index (χ0n) is 13.0. The van der Waals surface area contributed by atoms with Gasteiger partial charge in [0, 0.05) is 25.9 Å². The minimum Gasteiger partial charge on any atom is -0.481 e. The number of urea groups is 1. The van der Waals surface area contributed by atoms with Crippen molar-refractivity contribution in [3.63, 3.8) is 0 Å². The first kappa shape index (κ1) is 19.4. The summed E-state index contributed by atoms with van der Waals surface area (Å²) in [5, 5.41) is 13.3. The van der Waals surface area contributed by atoms with Gasteiger partial charge in [-0.1, -0.05) is 13.8 Å². The van der Waals surface area contributed by atoms with E-state index in [0.29, 0.717) is 19.4 Å². The normalized spacial score (nSPS) is 10.4. The van der Waals surface area contributed by atoms with E-state index in [1.54, 1.807) is 0 Å². The number of unbranched alkanes of at least 4 members (excludes halogenated alkanes) is 1. The molecule has 0 aromatic rings. The lowest BCUT2D eigenvalue weighted by Crippen LogP contribution is -2.42. The first-order valence-corrected chi connectivity index (χ1v) is 7.51. The van der Waals surface area contributed by atoms with Crippen LogP contribution in [0.4, 0.5) is 4.79 Å². The zero-order chi connectivity index (χ0) is 16.1. The highest BCUT2D eigenvalue weighted by Gasteiger charge is 2.08. The standard InChI is InChI=1S/C14H27N3O4/c1-3-10-17(4-2)11-9-15-14(21)16-12(18)7-5-6-8-13(19)20/h3-11H2,1-2H3,(H,19,20)(H2,15,16,18,21). The Bertz CT molecular complexity index is 334. The summed E-state index contributed by atoms with van der Waals surface area (Å²) >= 11 is 0. The van der Waals surface area contributed by atoms with Crippen molar-refractivity contribution in [2.45, 2.75) is 46.0 Å². The van der Waals surface area contributed by atoms with E-state index in [1.807, 2.05) is 0 Å². The molecule has 0 aliphatic carbocycles. The van der Waals surface area contributed by atoms with Gasteiger partial charge in [-0.3, -0.25) is 14.9 Å². The largest absolute Gasteiger partial charge is 0.481 e. The number of amides is 3. The van der Waals surface area contributed by atoms with Crippen LogP contribution in [0.3, 0.4) is 0 Å². The molecule has 0 spiro atoms. The molecule has 0 rings (SSSR count). The van der Waals surface area contributed by atoms with Crippen LogP contribution >= 0.6 is 0 Å². The van der Waals surface area contributed by atoms with E-state index >= 15 is 0 Å². The fourth-order valence-corrected chi connectivity index (χ4v) is 1.87. The first-order valence-electron chi connectivity index (χ1n) is 7.51. The lowest BCUT2D eigenvalue weighted by atomic mass is 10.2. The maximum absolute atomic E-state index is 11.5. The maximum Gasteiger partial charge on any atom is 0.321 e. The first-order chi connectivity index (χ1) is 9.99. The Morgan fingerprint density at radius 1 is 1.05 bits per heavy atom. The number of carbonyl (C=O) groups excluding carboxylic acids is 2. The number of nitrogens with zero attached hydrogens (tertiary/aromatic N) is 1. The Labute approximate surface area is 126 Å². The number of aliphatic carboxylic acids is 1. The molecule has 0 aliphatic rings. The minimum absolute atomic E-state index is 0.0454. The van der Waals surface area contributed by atoms with E-state index in [-0.39, 0.29) is 18.7 Å². The van der Waals surface area contributed by atoms with E-state index in [9.17, 15) is 14.4 Å². The van der Waals surface area contributed by atoms with Gasteiger partial charge in [0.15, 0.2) is 0 Å². The quantitative estimate of drug-likeness (QED) is 0.498. The molecule has 0 aromatic carbocycles. The molecule has 0 radical (unpaired) electrons. The number of likely N-dealkylation sites (N-methyl/N-ethyl adjacent to an activating group) is 1. The van der Waals surface area contributed by atoms with Crippen molar-refractivity contribution in [2.75, 3.05) is 26.2 Å². The molecular weight excluding hydrogens is 274 g/mol. The summed E-state index contributed by atoms with van der Waals surface area (Å²) in [6.07, 6.45) is 2.18. The Morgan fingerprint density at radius 2 is 1.71 bits per heavy atom. The van der Waals surface area contributed by atoms with Crippen molar-refractivity contribution in [1.29, 1.82) is 0 Å². The number of imide groups is 1.